The lowest BCUT2D eigenvalue weighted by atomic mass is 10.3. The molecule has 12 heavy (non-hydrogen) atoms. The molecule has 0 aromatic heterocycles. The number of morpholine rings is 1. The fraction of sp³-hybridized carbons (Fsp3) is 0.857. The Morgan fingerprint density at radius 3 is 2.67 bits per heavy atom. The zero-order valence-corrected chi connectivity index (χ0v) is 6.90. The number of hydrogen-bond donors (Lipinski definition) is 2. The van der Waals surface area contributed by atoms with E-state index in [1.807, 2.05) is 0 Å². The summed E-state index contributed by atoms with van der Waals surface area (Å²) >= 11 is 0. The maximum atomic E-state index is 11.3. The molecule has 1 aliphatic rings. The number of rotatable bonds is 2. The van der Waals surface area contributed by atoms with Crippen molar-refractivity contribution < 1.29 is 14.6 Å². The van der Waals surface area contributed by atoms with Crippen molar-refractivity contribution in [2.75, 3.05) is 32.8 Å². The topological polar surface area (TPSA) is 75.8 Å². The molecule has 1 saturated heterocycles. The van der Waals surface area contributed by atoms with Gasteiger partial charge in [0.1, 0.15) is 6.10 Å². The fourth-order valence-electron chi connectivity index (χ4n) is 1.10. The van der Waals surface area contributed by atoms with E-state index in [9.17, 15) is 4.79 Å². The second-order valence-electron chi connectivity index (χ2n) is 2.69. The minimum atomic E-state index is -1.05. The van der Waals surface area contributed by atoms with Gasteiger partial charge in [0.2, 0.25) is 0 Å². The number of aliphatic hydroxyl groups excluding tert-OH is 1. The van der Waals surface area contributed by atoms with Gasteiger partial charge >= 0.3 is 0 Å². The lowest BCUT2D eigenvalue weighted by Gasteiger charge is -2.28. The summed E-state index contributed by atoms with van der Waals surface area (Å²) in [5.74, 6) is -0.291. The van der Waals surface area contributed by atoms with Crippen LogP contribution < -0.4 is 5.73 Å². The number of aliphatic hydroxyl groups is 1. The molecule has 5 nitrogen and oxygen atoms in total. The summed E-state index contributed by atoms with van der Waals surface area (Å²) in [4.78, 5) is 12.8. The first-order valence-corrected chi connectivity index (χ1v) is 4.00. The second kappa shape index (κ2) is 4.39. The number of amides is 1. The molecule has 3 N–H and O–H groups in total. The molecule has 0 unspecified atom stereocenters. The Balaban J connectivity index is 2.39. The van der Waals surface area contributed by atoms with Crippen molar-refractivity contribution in [2.45, 2.75) is 6.10 Å². The van der Waals surface area contributed by atoms with Crippen molar-refractivity contribution in [3.8, 4) is 0 Å². The number of nitrogens with two attached hydrogens (primary N) is 1. The molecule has 1 aliphatic heterocycles. The molecule has 0 aromatic carbocycles. The highest BCUT2D eigenvalue weighted by Crippen LogP contribution is 1.99. The molecular formula is C7H14N2O3. The summed E-state index contributed by atoms with van der Waals surface area (Å²) in [5.41, 5.74) is 5.15. The van der Waals surface area contributed by atoms with Gasteiger partial charge in [0, 0.05) is 19.6 Å². The van der Waals surface area contributed by atoms with E-state index in [4.69, 9.17) is 15.6 Å². The Kier molecular flexibility index (Phi) is 3.46. The Labute approximate surface area is 71.1 Å². The molecule has 0 aromatic rings. The van der Waals surface area contributed by atoms with E-state index in [0.717, 1.165) is 0 Å². The van der Waals surface area contributed by atoms with Crippen molar-refractivity contribution in [1.82, 2.24) is 4.90 Å². The van der Waals surface area contributed by atoms with Crippen molar-refractivity contribution in [3.05, 3.63) is 0 Å². The van der Waals surface area contributed by atoms with Crippen molar-refractivity contribution in [1.29, 1.82) is 0 Å². The quantitative estimate of drug-likeness (QED) is 0.516. The first kappa shape index (κ1) is 9.44. The lowest BCUT2D eigenvalue weighted by Crippen LogP contribution is -2.47. The maximum absolute atomic E-state index is 11.3. The van der Waals surface area contributed by atoms with Gasteiger partial charge in [-0.2, -0.15) is 0 Å². The molecule has 1 heterocycles. The van der Waals surface area contributed by atoms with Gasteiger partial charge in [-0.1, -0.05) is 0 Å². The van der Waals surface area contributed by atoms with Crippen LogP contribution in [0.4, 0.5) is 0 Å². The highest BCUT2D eigenvalue weighted by Gasteiger charge is 2.22. The van der Waals surface area contributed by atoms with Crippen LogP contribution in [0.25, 0.3) is 0 Å². The first-order valence-electron chi connectivity index (χ1n) is 4.00. The van der Waals surface area contributed by atoms with Gasteiger partial charge in [-0.15, -0.1) is 0 Å². The van der Waals surface area contributed by atoms with Crippen LogP contribution in [-0.2, 0) is 9.53 Å². The highest BCUT2D eigenvalue weighted by molar-refractivity contribution is 5.80. The summed E-state index contributed by atoms with van der Waals surface area (Å²) in [7, 11) is 0. The maximum Gasteiger partial charge on any atom is 0.252 e. The third-order valence-corrected chi connectivity index (χ3v) is 1.83. The van der Waals surface area contributed by atoms with Crippen LogP contribution in [0.2, 0.25) is 0 Å². The predicted octanol–water partition coefficient (Wildman–Crippen LogP) is -1.84. The van der Waals surface area contributed by atoms with Crippen LogP contribution in [0.15, 0.2) is 0 Å². The number of nitrogens with zero attached hydrogens (tertiary/aromatic N) is 1. The second-order valence-corrected chi connectivity index (χ2v) is 2.69. The molecule has 0 radical (unpaired) electrons. The van der Waals surface area contributed by atoms with E-state index >= 15 is 0 Å². The van der Waals surface area contributed by atoms with E-state index in [-0.39, 0.29) is 12.5 Å². The van der Waals surface area contributed by atoms with Crippen LogP contribution in [0.3, 0.4) is 0 Å². The molecule has 1 rings (SSSR count). The molecule has 5 heteroatoms. The zero-order chi connectivity index (χ0) is 8.97. The molecular weight excluding hydrogens is 160 g/mol. The largest absolute Gasteiger partial charge is 0.382 e. The average Bonchev–Trinajstić information content (AvgIpc) is 2.17. The van der Waals surface area contributed by atoms with Gasteiger partial charge in [0.25, 0.3) is 5.91 Å². The minimum Gasteiger partial charge on any atom is -0.382 e. The molecule has 1 amide bonds. The standard InChI is InChI=1S/C7H14N2O3/c8-5-6(10)7(11)9-1-3-12-4-2-9/h6,10H,1-5,8H2/t6-/m0/s1. The van der Waals surface area contributed by atoms with Crippen molar-refractivity contribution in [2.24, 2.45) is 5.73 Å². The highest BCUT2D eigenvalue weighted by atomic mass is 16.5. The molecule has 0 saturated carbocycles. The fourth-order valence-corrected chi connectivity index (χ4v) is 1.10. The summed E-state index contributed by atoms with van der Waals surface area (Å²) < 4.78 is 5.06. The van der Waals surface area contributed by atoms with Crippen molar-refractivity contribution in [3.63, 3.8) is 0 Å². The molecule has 1 atom stereocenters. The van der Waals surface area contributed by atoms with E-state index in [1.165, 1.54) is 0 Å². The minimum absolute atomic E-state index is 0.0177. The van der Waals surface area contributed by atoms with Gasteiger partial charge in [-0.25, -0.2) is 0 Å². The van der Waals surface area contributed by atoms with E-state index in [0.29, 0.717) is 26.3 Å². The van der Waals surface area contributed by atoms with Crippen molar-refractivity contribution >= 4 is 5.91 Å². The summed E-state index contributed by atoms with van der Waals surface area (Å²) in [6.07, 6.45) is -1.05. The Hall–Kier alpha value is -0.650. The third kappa shape index (κ3) is 2.17. The summed E-state index contributed by atoms with van der Waals surface area (Å²) in [6, 6.07) is 0. The Morgan fingerprint density at radius 1 is 1.58 bits per heavy atom. The SMILES string of the molecule is NC[C@H](O)C(=O)N1CCOCC1. The van der Waals surface area contributed by atoms with Gasteiger partial charge in [0.05, 0.1) is 13.2 Å². The van der Waals surface area contributed by atoms with Crippen LogP contribution in [-0.4, -0.2) is 54.9 Å². The normalized spacial score (nSPS) is 20.7. The number of hydrogen-bond acceptors (Lipinski definition) is 4. The number of carbonyl (C=O) groups is 1. The smallest absolute Gasteiger partial charge is 0.252 e. The van der Waals surface area contributed by atoms with Crippen LogP contribution in [0.5, 0.6) is 0 Å². The van der Waals surface area contributed by atoms with Gasteiger partial charge in [0.15, 0.2) is 0 Å². The van der Waals surface area contributed by atoms with Gasteiger partial charge in [-0.05, 0) is 0 Å². The van der Waals surface area contributed by atoms with E-state index in [2.05, 4.69) is 0 Å². The number of ether oxygens (including phenoxy) is 1. The molecule has 0 spiro atoms. The predicted molar refractivity (Wildman–Crippen MR) is 42.5 cm³/mol. The monoisotopic (exact) mass is 174 g/mol. The summed E-state index contributed by atoms with van der Waals surface area (Å²) in [6.45, 7) is 2.17. The third-order valence-electron chi connectivity index (χ3n) is 1.83. The number of carbonyl (C=O) groups excluding carboxylic acids is 1. The van der Waals surface area contributed by atoms with Crippen LogP contribution in [0.1, 0.15) is 0 Å². The Morgan fingerprint density at radius 2 is 2.17 bits per heavy atom. The molecule has 70 valence electrons. The Bertz CT molecular complexity index is 157. The van der Waals surface area contributed by atoms with Gasteiger partial charge in [-0.3, -0.25) is 4.79 Å². The molecule has 0 bridgehead atoms. The first-order chi connectivity index (χ1) is 5.75. The average molecular weight is 174 g/mol. The van der Waals surface area contributed by atoms with Gasteiger partial charge < -0.3 is 20.5 Å². The zero-order valence-electron chi connectivity index (χ0n) is 6.90. The van der Waals surface area contributed by atoms with Crippen LogP contribution >= 0.6 is 0 Å². The van der Waals surface area contributed by atoms with E-state index in [1.54, 1.807) is 4.90 Å². The van der Waals surface area contributed by atoms with Crippen LogP contribution in [0, 0.1) is 0 Å². The lowest BCUT2D eigenvalue weighted by molar-refractivity contribution is -0.143. The summed E-state index contributed by atoms with van der Waals surface area (Å²) in [5, 5.41) is 9.12. The van der Waals surface area contributed by atoms with E-state index < -0.39 is 6.10 Å². The molecule has 0 aliphatic carbocycles. The molecule has 1 fully saturated rings.